The van der Waals surface area contributed by atoms with Crippen molar-refractivity contribution in [1.82, 2.24) is 15.1 Å². The Morgan fingerprint density at radius 3 is 2.63 bits per heavy atom. The number of rotatable bonds is 4. The molecule has 1 N–H and O–H groups in total. The van der Waals surface area contributed by atoms with Crippen LogP contribution in [0.1, 0.15) is 37.8 Å². The van der Waals surface area contributed by atoms with Crippen molar-refractivity contribution in [3.8, 4) is 22.6 Å². The van der Waals surface area contributed by atoms with E-state index in [9.17, 15) is 0 Å². The van der Waals surface area contributed by atoms with Crippen LogP contribution in [0.25, 0.3) is 11.1 Å². The highest BCUT2D eigenvalue weighted by Gasteiger charge is 2.26. The van der Waals surface area contributed by atoms with Gasteiger partial charge in [0.1, 0.15) is 11.5 Å². The van der Waals surface area contributed by atoms with Crippen molar-refractivity contribution < 1.29 is 4.74 Å². The van der Waals surface area contributed by atoms with Crippen molar-refractivity contribution in [2.24, 2.45) is 0 Å². The molecule has 0 saturated carbocycles. The number of aromatic nitrogens is 2. The molecule has 1 fully saturated rings. The van der Waals surface area contributed by atoms with Crippen molar-refractivity contribution in [2.45, 2.75) is 44.7 Å². The van der Waals surface area contributed by atoms with E-state index >= 15 is 0 Å². The van der Waals surface area contributed by atoms with E-state index in [0.29, 0.717) is 12.1 Å². The predicted molar refractivity (Wildman–Crippen MR) is 122 cm³/mol. The first-order valence-corrected chi connectivity index (χ1v) is 11.1. The van der Waals surface area contributed by atoms with Crippen molar-refractivity contribution in [3.05, 3.63) is 60.4 Å². The van der Waals surface area contributed by atoms with Crippen LogP contribution in [0, 0.1) is 0 Å². The van der Waals surface area contributed by atoms with E-state index in [0.717, 1.165) is 61.4 Å². The molecule has 2 aliphatic rings. The van der Waals surface area contributed by atoms with Crippen LogP contribution in [-0.4, -0.2) is 36.0 Å². The van der Waals surface area contributed by atoms with Crippen LogP contribution < -0.4 is 15.0 Å². The van der Waals surface area contributed by atoms with Gasteiger partial charge in [-0.25, -0.2) is 0 Å². The maximum absolute atomic E-state index is 6.53. The molecule has 5 rings (SSSR count). The first-order chi connectivity index (χ1) is 14.7. The zero-order valence-electron chi connectivity index (χ0n) is 17.8. The molecule has 1 unspecified atom stereocenters. The summed E-state index contributed by atoms with van der Waals surface area (Å²) in [6.07, 6.45) is 8.61. The summed E-state index contributed by atoms with van der Waals surface area (Å²) in [5.74, 6) is 1.85. The minimum Gasteiger partial charge on any atom is -0.456 e. The summed E-state index contributed by atoms with van der Waals surface area (Å²) in [5.41, 5.74) is 4.82. The molecule has 5 heteroatoms. The Morgan fingerprint density at radius 1 is 1.03 bits per heavy atom. The normalized spacial score (nSPS) is 19.5. The number of anilines is 1. The van der Waals surface area contributed by atoms with Crippen molar-refractivity contribution in [1.29, 1.82) is 0 Å². The number of hydrogen-bond acceptors (Lipinski definition) is 4. The number of piperidine rings is 1. The quantitative estimate of drug-likeness (QED) is 0.664. The Balaban J connectivity index is 1.57. The van der Waals surface area contributed by atoms with Crippen LogP contribution >= 0.6 is 0 Å². The second-order valence-corrected chi connectivity index (χ2v) is 8.54. The molecule has 0 aliphatic carbocycles. The van der Waals surface area contributed by atoms with E-state index in [-0.39, 0.29) is 0 Å². The molecule has 5 nitrogen and oxygen atoms in total. The van der Waals surface area contributed by atoms with Crippen LogP contribution in [0.5, 0.6) is 11.5 Å². The third-order valence-electron chi connectivity index (χ3n) is 6.65. The standard InChI is InChI=1S/C25H30N4O/c1-18-8-9-23-24(28(18)2)11-10-22(25(23)30-21-6-4-3-5-7-21)19-16-27-29(17-19)20-12-14-26-15-13-20/h3-7,10-11,16-18,20,26H,8-9,12-15H2,1-2H3. The second kappa shape index (κ2) is 8.15. The van der Waals surface area contributed by atoms with Crippen LogP contribution in [0.3, 0.4) is 0 Å². The van der Waals surface area contributed by atoms with E-state index in [4.69, 9.17) is 9.84 Å². The Kier molecular flexibility index (Phi) is 5.21. The molecule has 0 spiro atoms. The molecule has 0 radical (unpaired) electrons. The topological polar surface area (TPSA) is 42.3 Å². The van der Waals surface area contributed by atoms with E-state index in [1.54, 1.807) is 0 Å². The number of fused-ring (bicyclic) bond motifs is 1. The predicted octanol–water partition coefficient (Wildman–Crippen LogP) is 5.04. The summed E-state index contributed by atoms with van der Waals surface area (Å²) in [4.78, 5) is 2.37. The van der Waals surface area contributed by atoms with Crippen LogP contribution in [0.2, 0.25) is 0 Å². The largest absolute Gasteiger partial charge is 0.456 e. The van der Waals surface area contributed by atoms with Gasteiger partial charge in [0.2, 0.25) is 0 Å². The monoisotopic (exact) mass is 402 g/mol. The third kappa shape index (κ3) is 3.58. The van der Waals surface area contributed by atoms with Gasteiger partial charge < -0.3 is 15.0 Å². The van der Waals surface area contributed by atoms with Crippen LogP contribution in [0.4, 0.5) is 5.69 Å². The summed E-state index contributed by atoms with van der Waals surface area (Å²) in [7, 11) is 2.18. The maximum Gasteiger partial charge on any atom is 0.140 e. The number of nitrogens with one attached hydrogen (secondary N) is 1. The molecule has 156 valence electrons. The molecule has 1 aromatic heterocycles. The van der Waals surface area contributed by atoms with E-state index in [1.807, 2.05) is 36.5 Å². The molecule has 0 amide bonds. The number of hydrogen-bond donors (Lipinski definition) is 1. The molecule has 30 heavy (non-hydrogen) atoms. The molecule has 1 saturated heterocycles. The molecule has 0 bridgehead atoms. The fourth-order valence-corrected chi connectivity index (χ4v) is 4.67. The SMILES string of the molecule is CC1CCc2c(ccc(-c3cnn(C4CCNCC4)c3)c2Oc2ccccc2)N1C. The van der Waals surface area contributed by atoms with E-state index in [2.05, 4.69) is 47.2 Å². The minimum atomic E-state index is 0.475. The van der Waals surface area contributed by atoms with Gasteiger partial charge in [0.25, 0.3) is 0 Å². The second-order valence-electron chi connectivity index (χ2n) is 8.54. The Labute approximate surface area is 178 Å². The number of para-hydroxylation sites is 1. The highest BCUT2D eigenvalue weighted by Crippen LogP contribution is 2.44. The number of benzene rings is 2. The van der Waals surface area contributed by atoms with Gasteiger partial charge in [-0.05, 0) is 70.0 Å². The highest BCUT2D eigenvalue weighted by atomic mass is 16.5. The molecular weight excluding hydrogens is 372 g/mol. The van der Waals surface area contributed by atoms with Gasteiger partial charge >= 0.3 is 0 Å². The smallest absolute Gasteiger partial charge is 0.140 e. The third-order valence-corrected chi connectivity index (χ3v) is 6.65. The molecule has 2 aromatic carbocycles. The van der Waals surface area contributed by atoms with Gasteiger partial charge in [-0.15, -0.1) is 0 Å². The lowest BCUT2D eigenvalue weighted by Crippen LogP contribution is -2.33. The molecular formula is C25H30N4O. The average Bonchev–Trinajstić information content (AvgIpc) is 3.28. The Morgan fingerprint density at radius 2 is 1.83 bits per heavy atom. The van der Waals surface area contributed by atoms with Gasteiger partial charge in [0.05, 0.1) is 12.2 Å². The summed E-state index contributed by atoms with van der Waals surface area (Å²) in [6.45, 7) is 4.41. The molecule has 3 aromatic rings. The first-order valence-electron chi connectivity index (χ1n) is 11.1. The fourth-order valence-electron chi connectivity index (χ4n) is 4.67. The lowest BCUT2D eigenvalue weighted by molar-refractivity contribution is 0.343. The molecule has 3 heterocycles. The van der Waals surface area contributed by atoms with Gasteiger partial charge in [0, 0.05) is 41.7 Å². The van der Waals surface area contributed by atoms with Crippen molar-refractivity contribution >= 4 is 5.69 Å². The van der Waals surface area contributed by atoms with Gasteiger partial charge in [-0.2, -0.15) is 5.10 Å². The lowest BCUT2D eigenvalue weighted by atomic mass is 9.93. The summed E-state index contributed by atoms with van der Waals surface area (Å²) in [6, 6.07) is 15.6. The van der Waals surface area contributed by atoms with Gasteiger partial charge in [-0.1, -0.05) is 18.2 Å². The zero-order chi connectivity index (χ0) is 20.5. The number of ether oxygens (including phenoxy) is 1. The van der Waals surface area contributed by atoms with E-state index in [1.165, 1.54) is 11.3 Å². The first kappa shape index (κ1) is 19.2. The summed E-state index contributed by atoms with van der Waals surface area (Å²) in [5, 5.41) is 8.16. The zero-order valence-corrected chi connectivity index (χ0v) is 17.8. The lowest BCUT2D eigenvalue weighted by Gasteiger charge is -2.35. The molecule has 2 aliphatic heterocycles. The maximum atomic E-state index is 6.53. The van der Waals surface area contributed by atoms with Gasteiger partial charge in [0.15, 0.2) is 0 Å². The van der Waals surface area contributed by atoms with Crippen molar-refractivity contribution in [3.63, 3.8) is 0 Å². The summed E-state index contributed by atoms with van der Waals surface area (Å²) >= 11 is 0. The highest BCUT2D eigenvalue weighted by molar-refractivity contribution is 5.78. The minimum absolute atomic E-state index is 0.475. The Hall–Kier alpha value is -2.79. The van der Waals surface area contributed by atoms with Crippen LogP contribution in [-0.2, 0) is 6.42 Å². The number of nitrogens with zero attached hydrogens (tertiary/aromatic N) is 3. The molecule has 1 atom stereocenters. The summed E-state index contributed by atoms with van der Waals surface area (Å²) < 4.78 is 8.68. The van der Waals surface area contributed by atoms with Crippen LogP contribution in [0.15, 0.2) is 54.9 Å². The van der Waals surface area contributed by atoms with Crippen molar-refractivity contribution in [2.75, 3.05) is 25.0 Å². The Bertz CT molecular complexity index is 1010. The average molecular weight is 403 g/mol. The fraction of sp³-hybridized carbons (Fsp3) is 0.400. The van der Waals surface area contributed by atoms with Gasteiger partial charge in [-0.3, -0.25) is 4.68 Å². The van der Waals surface area contributed by atoms with E-state index < -0.39 is 0 Å².